The normalized spacial score (nSPS) is 15.7. The van der Waals surface area contributed by atoms with Crippen molar-refractivity contribution in [2.75, 3.05) is 7.11 Å². The lowest BCUT2D eigenvalue weighted by Gasteiger charge is -2.39. The van der Waals surface area contributed by atoms with E-state index in [4.69, 9.17) is 4.74 Å². The molecule has 0 amide bonds. The second kappa shape index (κ2) is 4.70. The molecular weight excluding hydrogens is 226 g/mol. The zero-order chi connectivity index (χ0) is 13.3. The summed E-state index contributed by atoms with van der Waals surface area (Å²) in [7, 11) is 1.49. The molecule has 0 aliphatic heterocycles. The minimum Gasteiger partial charge on any atom is -0.387 e. The fourth-order valence-electron chi connectivity index (χ4n) is 1.54. The van der Waals surface area contributed by atoms with Crippen LogP contribution in [0.15, 0.2) is 18.2 Å². The Hall–Kier alpha value is -1.00. The van der Waals surface area contributed by atoms with E-state index >= 15 is 0 Å². The summed E-state index contributed by atoms with van der Waals surface area (Å²) in [5, 5.41) is 10.3. The molecule has 1 unspecified atom stereocenters. The van der Waals surface area contributed by atoms with Crippen molar-refractivity contribution in [2.24, 2.45) is 0 Å². The first-order chi connectivity index (χ1) is 7.68. The fourth-order valence-corrected chi connectivity index (χ4v) is 1.54. The lowest BCUT2D eigenvalue weighted by Crippen LogP contribution is -2.50. The van der Waals surface area contributed by atoms with Gasteiger partial charge < -0.3 is 9.84 Å². The van der Waals surface area contributed by atoms with Crippen LogP contribution in [0.5, 0.6) is 0 Å². The van der Waals surface area contributed by atoms with Crippen molar-refractivity contribution < 1.29 is 18.6 Å². The number of benzene rings is 1. The molecule has 0 aliphatic rings. The second-order valence-corrected chi connectivity index (χ2v) is 4.94. The first kappa shape index (κ1) is 14.1. The Kier molecular flexibility index (Phi) is 3.89. The number of hydrogen-bond donors (Lipinski definition) is 1. The Morgan fingerprint density at radius 3 is 2.00 bits per heavy atom. The Bertz CT molecular complexity index is 380. The predicted octanol–water partition coefficient (Wildman–Crippen LogP) is 2.68. The molecule has 0 aromatic heterocycles. The van der Waals surface area contributed by atoms with Crippen molar-refractivity contribution in [3.05, 3.63) is 35.4 Å². The Morgan fingerprint density at radius 1 is 1.12 bits per heavy atom. The van der Waals surface area contributed by atoms with Gasteiger partial charge in [0.05, 0.1) is 11.2 Å². The van der Waals surface area contributed by atoms with Gasteiger partial charge in [0.25, 0.3) is 0 Å². The summed E-state index contributed by atoms with van der Waals surface area (Å²) in [4.78, 5) is 0. The van der Waals surface area contributed by atoms with Gasteiger partial charge >= 0.3 is 0 Å². The molecule has 0 aliphatic carbocycles. The predicted molar refractivity (Wildman–Crippen MR) is 61.8 cm³/mol. The fraction of sp³-hybridized carbons (Fsp3) is 0.538. The maximum Gasteiger partial charge on any atom is 0.126 e. The third kappa shape index (κ3) is 3.23. The molecule has 1 atom stereocenters. The Morgan fingerprint density at radius 2 is 1.59 bits per heavy atom. The van der Waals surface area contributed by atoms with Gasteiger partial charge in [-0.2, -0.15) is 0 Å². The van der Waals surface area contributed by atoms with Crippen molar-refractivity contribution in [3.63, 3.8) is 0 Å². The molecule has 0 fully saturated rings. The summed E-state index contributed by atoms with van der Waals surface area (Å²) in [5.74, 6) is -1.29. The minimum atomic E-state index is -1.22. The van der Waals surface area contributed by atoms with Crippen LogP contribution in [-0.4, -0.2) is 23.4 Å². The molecule has 17 heavy (non-hydrogen) atoms. The van der Waals surface area contributed by atoms with E-state index in [-0.39, 0.29) is 6.42 Å². The van der Waals surface area contributed by atoms with E-state index < -0.39 is 22.8 Å². The molecule has 2 nitrogen and oxygen atoms in total. The molecular formula is C13H18F2O2. The second-order valence-electron chi connectivity index (χ2n) is 4.94. The number of hydrogen-bond acceptors (Lipinski definition) is 2. The molecule has 1 aromatic rings. The van der Waals surface area contributed by atoms with Crippen molar-refractivity contribution in [2.45, 2.75) is 38.4 Å². The maximum absolute atomic E-state index is 13.0. The summed E-state index contributed by atoms with van der Waals surface area (Å²) in [6, 6.07) is 3.23. The first-order valence-electron chi connectivity index (χ1n) is 5.40. The van der Waals surface area contributed by atoms with Gasteiger partial charge in [0.15, 0.2) is 0 Å². The first-order valence-corrected chi connectivity index (χ1v) is 5.40. The zero-order valence-electron chi connectivity index (χ0n) is 10.6. The third-order valence-corrected chi connectivity index (χ3v) is 3.28. The molecule has 0 bridgehead atoms. The maximum atomic E-state index is 13.0. The van der Waals surface area contributed by atoms with Crippen LogP contribution in [0.25, 0.3) is 0 Å². The highest BCUT2D eigenvalue weighted by atomic mass is 19.1. The van der Waals surface area contributed by atoms with Crippen LogP contribution in [0, 0.1) is 11.6 Å². The van der Waals surface area contributed by atoms with Crippen LogP contribution in [0.3, 0.4) is 0 Å². The molecule has 1 rings (SSSR count). The zero-order valence-corrected chi connectivity index (χ0v) is 10.6. The standard InChI is InChI=1S/C13H18F2O2/c1-12(2,17-4)13(3,16)8-9-5-10(14)7-11(15)6-9/h5-7,16H,8H2,1-4H3. The van der Waals surface area contributed by atoms with Gasteiger partial charge in [-0.15, -0.1) is 0 Å². The third-order valence-electron chi connectivity index (χ3n) is 3.28. The molecule has 0 heterocycles. The topological polar surface area (TPSA) is 29.5 Å². The highest BCUT2D eigenvalue weighted by Crippen LogP contribution is 2.29. The number of rotatable bonds is 4. The quantitative estimate of drug-likeness (QED) is 0.882. The summed E-state index contributed by atoms with van der Waals surface area (Å²) < 4.78 is 31.3. The molecule has 0 saturated carbocycles. The van der Waals surface area contributed by atoms with Gasteiger partial charge in [0, 0.05) is 19.6 Å². The van der Waals surface area contributed by atoms with E-state index in [1.807, 2.05) is 0 Å². The number of ether oxygens (including phenoxy) is 1. The van der Waals surface area contributed by atoms with Crippen LogP contribution in [0.1, 0.15) is 26.3 Å². The van der Waals surface area contributed by atoms with Gasteiger partial charge in [0.2, 0.25) is 0 Å². The molecule has 1 N–H and O–H groups in total. The van der Waals surface area contributed by atoms with Crippen molar-refractivity contribution in [3.8, 4) is 0 Å². The number of aliphatic hydroxyl groups is 1. The van der Waals surface area contributed by atoms with Gasteiger partial charge in [-0.1, -0.05) is 0 Å². The van der Waals surface area contributed by atoms with Crippen LogP contribution < -0.4 is 0 Å². The van der Waals surface area contributed by atoms with Crippen molar-refractivity contribution in [1.29, 1.82) is 0 Å². The largest absolute Gasteiger partial charge is 0.387 e. The summed E-state index contributed by atoms with van der Waals surface area (Å²) in [6.45, 7) is 5.03. The van der Waals surface area contributed by atoms with E-state index in [1.54, 1.807) is 20.8 Å². The van der Waals surface area contributed by atoms with E-state index in [2.05, 4.69) is 0 Å². The SMILES string of the molecule is COC(C)(C)C(C)(O)Cc1cc(F)cc(F)c1. The van der Waals surface area contributed by atoms with Gasteiger partial charge in [-0.25, -0.2) is 8.78 Å². The van der Waals surface area contributed by atoms with E-state index in [1.165, 1.54) is 19.2 Å². The highest BCUT2D eigenvalue weighted by molar-refractivity contribution is 5.20. The van der Waals surface area contributed by atoms with E-state index in [9.17, 15) is 13.9 Å². The van der Waals surface area contributed by atoms with Gasteiger partial charge in [0.1, 0.15) is 11.6 Å². The smallest absolute Gasteiger partial charge is 0.126 e. The Balaban J connectivity index is 2.97. The van der Waals surface area contributed by atoms with Crippen LogP contribution in [0.4, 0.5) is 8.78 Å². The molecule has 0 spiro atoms. The average molecular weight is 244 g/mol. The van der Waals surface area contributed by atoms with Gasteiger partial charge in [-0.05, 0) is 38.5 Å². The van der Waals surface area contributed by atoms with E-state index in [0.717, 1.165) is 6.07 Å². The summed E-state index contributed by atoms with van der Waals surface area (Å²) in [5.41, 5.74) is -1.63. The molecule has 0 saturated heterocycles. The monoisotopic (exact) mass is 244 g/mol. The molecule has 96 valence electrons. The van der Waals surface area contributed by atoms with Crippen LogP contribution in [0.2, 0.25) is 0 Å². The average Bonchev–Trinajstić information content (AvgIpc) is 2.14. The minimum absolute atomic E-state index is 0.114. The number of halogens is 2. The highest BCUT2D eigenvalue weighted by Gasteiger charge is 2.39. The summed E-state index contributed by atoms with van der Waals surface area (Å²) in [6.07, 6.45) is 0.114. The van der Waals surface area contributed by atoms with Crippen LogP contribution >= 0.6 is 0 Å². The lowest BCUT2D eigenvalue weighted by atomic mass is 9.82. The molecule has 4 heteroatoms. The van der Waals surface area contributed by atoms with Crippen molar-refractivity contribution >= 4 is 0 Å². The lowest BCUT2D eigenvalue weighted by molar-refractivity contribution is -0.139. The van der Waals surface area contributed by atoms with Crippen LogP contribution in [-0.2, 0) is 11.2 Å². The molecule has 0 radical (unpaired) electrons. The Labute approximate surface area is 100 Å². The molecule has 1 aromatic carbocycles. The van der Waals surface area contributed by atoms with E-state index in [0.29, 0.717) is 5.56 Å². The van der Waals surface area contributed by atoms with Gasteiger partial charge in [-0.3, -0.25) is 0 Å². The summed E-state index contributed by atoms with van der Waals surface area (Å²) >= 11 is 0. The van der Waals surface area contributed by atoms with Crippen molar-refractivity contribution in [1.82, 2.24) is 0 Å². The number of methoxy groups -OCH3 is 1.